The topological polar surface area (TPSA) is 30.5 Å². The van der Waals surface area contributed by atoms with Gasteiger partial charge in [0, 0.05) is 6.54 Å². The molecule has 104 valence electrons. The lowest BCUT2D eigenvalue weighted by molar-refractivity contribution is 0.00578. The first-order chi connectivity index (χ1) is 8.77. The van der Waals surface area contributed by atoms with E-state index in [1.54, 1.807) is 0 Å². The Morgan fingerprint density at radius 1 is 1.11 bits per heavy atom. The van der Waals surface area contributed by atoms with Crippen LogP contribution in [0.15, 0.2) is 18.2 Å². The molecule has 0 saturated carbocycles. The fourth-order valence-electron chi connectivity index (χ4n) is 2.28. The molecule has 0 atom stereocenters. The quantitative estimate of drug-likeness (QED) is 0.844. The standard InChI is InChI=1S/C15H24BNO2/c1-11-7-8-13(12(9-11)10-17-6)16-18-14(2,3)15(4,5)19-16/h7-9,17H,10H2,1-6H3. The first kappa shape index (κ1) is 14.6. The summed E-state index contributed by atoms with van der Waals surface area (Å²) in [7, 11) is 1.67. The smallest absolute Gasteiger partial charge is 0.399 e. The van der Waals surface area contributed by atoms with Crippen molar-refractivity contribution in [1.29, 1.82) is 0 Å². The van der Waals surface area contributed by atoms with Crippen LogP contribution in [0.1, 0.15) is 38.8 Å². The van der Waals surface area contributed by atoms with Crippen molar-refractivity contribution in [1.82, 2.24) is 5.32 Å². The average Bonchev–Trinajstić information content (AvgIpc) is 2.48. The van der Waals surface area contributed by atoms with Gasteiger partial charge in [-0.05, 0) is 52.7 Å². The molecule has 1 aromatic carbocycles. The van der Waals surface area contributed by atoms with Crippen LogP contribution >= 0.6 is 0 Å². The second-order valence-electron chi connectivity index (χ2n) is 6.32. The van der Waals surface area contributed by atoms with Gasteiger partial charge in [-0.1, -0.05) is 23.8 Å². The van der Waals surface area contributed by atoms with Gasteiger partial charge < -0.3 is 14.6 Å². The highest BCUT2D eigenvalue weighted by molar-refractivity contribution is 6.62. The molecule has 0 unspecified atom stereocenters. The molecule has 1 aliphatic rings. The Morgan fingerprint density at radius 3 is 2.21 bits per heavy atom. The zero-order valence-corrected chi connectivity index (χ0v) is 12.8. The van der Waals surface area contributed by atoms with E-state index in [1.807, 2.05) is 7.05 Å². The van der Waals surface area contributed by atoms with E-state index in [9.17, 15) is 0 Å². The Hall–Kier alpha value is -0.835. The number of benzene rings is 1. The summed E-state index contributed by atoms with van der Waals surface area (Å²) in [5.41, 5.74) is 3.03. The van der Waals surface area contributed by atoms with Crippen LogP contribution in [0, 0.1) is 6.92 Å². The Labute approximate surface area is 116 Å². The molecule has 0 spiro atoms. The highest BCUT2D eigenvalue weighted by Crippen LogP contribution is 2.36. The van der Waals surface area contributed by atoms with Crippen molar-refractivity contribution < 1.29 is 9.31 Å². The van der Waals surface area contributed by atoms with Gasteiger partial charge in [0.2, 0.25) is 0 Å². The van der Waals surface area contributed by atoms with Crippen LogP contribution in [-0.4, -0.2) is 25.4 Å². The second kappa shape index (κ2) is 4.93. The van der Waals surface area contributed by atoms with Gasteiger partial charge >= 0.3 is 7.12 Å². The highest BCUT2D eigenvalue weighted by Gasteiger charge is 2.52. The third-order valence-corrected chi connectivity index (χ3v) is 4.17. The number of hydrogen-bond donors (Lipinski definition) is 1. The predicted molar refractivity (Wildman–Crippen MR) is 79.7 cm³/mol. The predicted octanol–water partition coefficient (Wildman–Crippen LogP) is 2.01. The van der Waals surface area contributed by atoms with Gasteiger partial charge in [-0.25, -0.2) is 0 Å². The molecule has 0 radical (unpaired) electrons. The van der Waals surface area contributed by atoms with Crippen LogP contribution in [0.25, 0.3) is 0 Å². The minimum Gasteiger partial charge on any atom is -0.399 e. The largest absolute Gasteiger partial charge is 0.495 e. The van der Waals surface area contributed by atoms with E-state index in [-0.39, 0.29) is 18.3 Å². The molecule has 1 aromatic rings. The molecular weight excluding hydrogens is 237 g/mol. The van der Waals surface area contributed by atoms with Crippen molar-refractivity contribution in [3.05, 3.63) is 29.3 Å². The van der Waals surface area contributed by atoms with E-state index in [0.29, 0.717) is 0 Å². The summed E-state index contributed by atoms with van der Waals surface area (Å²) in [6.07, 6.45) is 0. The monoisotopic (exact) mass is 261 g/mol. The molecule has 19 heavy (non-hydrogen) atoms. The first-order valence-corrected chi connectivity index (χ1v) is 6.86. The Bertz CT molecular complexity index is 455. The van der Waals surface area contributed by atoms with Crippen LogP contribution in [-0.2, 0) is 15.9 Å². The SMILES string of the molecule is CNCc1cc(C)ccc1B1OC(C)(C)C(C)(C)O1. The van der Waals surface area contributed by atoms with Crippen molar-refractivity contribution in [2.45, 2.75) is 52.4 Å². The van der Waals surface area contributed by atoms with Gasteiger partial charge in [-0.15, -0.1) is 0 Å². The number of hydrogen-bond acceptors (Lipinski definition) is 3. The van der Waals surface area contributed by atoms with E-state index in [4.69, 9.17) is 9.31 Å². The highest BCUT2D eigenvalue weighted by atomic mass is 16.7. The lowest BCUT2D eigenvalue weighted by atomic mass is 9.75. The molecule has 1 saturated heterocycles. The van der Waals surface area contributed by atoms with E-state index < -0.39 is 0 Å². The minimum absolute atomic E-state index is 0.283. The summed E-state index contributed by atoms with van der Waals surface area (Å²) >= 11 is 0. The molecule has 1 N–H and O–H groups in total. The molecular formula is C15H24BNO2. The van der Waals surface area contributed by atoms with Gasteiger partial charge in [-0.2, -0.15) is 0 Å². The number of nitrogens with one attached hydrogen (secondary N) is 1. The molecule has 1 fully saturated rings. The Morgan fingerprint density at radius 2 is 1.68 bits per heavy atom. The Balaban J connectivity index is 2.34. The fraction of sp³-hybridized carbons (Fsp3) is 0.600. The number of aryl methyl sites for hydroxylation is 1. The molecule has 0 aromatic heterocycles. The normalized spacial score (nSPS) is 20.8. The van der Waals surface area contributed by atoms with Gasteiger partial charge in [0.15, 0.2) is 0 Å². The molecule has 1 heterocycles. The zero-order valence-electron chi connectivity index (χ0n) is 12.8. The third kappa shape index (κ3) is 2.71. The Kier molecular flexibility index (Phi) is 3.78. The van der Waals surface area contributed by atoms with Crippen LogP contribution in [0.2, 0.25) is 0 Å². The van der Waals surface area contributed by atoms with Crippen LogP contribution in [0.3, 0.4) is 0 Å². The molecule has 4 heteroatoms. The number of rotatable bonds is 3. The summed E-state index contributed by atoms with van der Waals surface area (Å²) < 4.78 is 12.3. The first-order valence-electron chi connectivity index (χ1n) is 6.86. The van der Waals surface area contributed by atoms with Crippen LogP contribution < -0.4 is 10.8 Å². The minimum atomic E-state index is -0.292. The van der Waals surface area contributed by atoms with E-state index >= 15 is 0 Å². The maximum atomic E-state index is 6.13. The maximum absolute atomic E-state index is 6.13. The molecule has 1 aliphatic heterocycles. The second-order valence-corrected chi connectivity index (χ2v) is 6.32. The summed E-state index contributed by atoms with van der Waals surface area (Å²) in [4.78, 5) is 0. The van der Waals surface area contributed by atoms with Crippen LogP contribution in [0.4, 0.5) is 0 Å². The lowest BCUT2D eigenvalue weighted by Crippen LogP contribution is -2.41. The van der Waals surface area contributed by atoms with Crippen molar-refractivity contribution in [3.8, 4) is 0 Å². The van der Waals surface area contributed by atoms with Crippen molar-refractivity contribution >= 4 is 12.6 Å². The van der Waals surface area contributed by atoms with E-state index in [2.05, 4.69) is 58.1 Å². The van der Waals surface area contributed by atoms with E-state index in [1.165, 1.54) is 11.1 Å². The summed E-state index contributed by atoms with van der Waals surface area (Å²) in [6.45, 7) is 11.3. The van der Waals surface area contributed by atoms with Crippen molar-refractivity contribution in [2.24, 2.45) is 0 Å². The maximum Gasteiger partial charge on any atom is 0.495 e. The zero-order chi connectivity index (χ0) is 14.3. The molecule has 3 nitrogen and oxygen atoms in total. The van der Waals surface area contributed by atoms with E-state index in [0.717, 1.165) is 12.0 Å². The molecule has 0 aliphatic carbocycles. The van der Waals surface area contributed by atoms with Gasteiger partial charge in [0.05, 0.1) is 11.2 Å². The third-order valence-electron chi connectivity index (χ3n) is 4.17. The van der Waals surface area contributed by atoms with Gasteiger partial charge in [-0.3, -0.25) is 0 Å². The summed E-state index contributed by atoms with van der Waals surface area (Å²) in [6, 6.07) is 6.42. The fourth-order valence-corrected chi connectivity index (χ4v) is 2.28. The van der Waals surface area contributed by atoms with Crippen LogP contribution in [0.5, 0.6) is 0 Å². The molecule has 0 bridgehead atoms. The summed E-state index contributed by atoms with van der Waals surface area (Å²) in [5.74, 6) is 0. The van der Waals surface area contributed by atoms with Crippen molar-refractivity contribution in [3.63, 3.8) is 0 Å². The van der Waals surface area contributed by atoms with Crippen molar-refractivity contribution in [2.75, 3.05) is 7.05 Å². The molecule has 2 rings (SSSR count). The average molecular weight is 261 g/mol. The lowest BCUT2D eigenvalue weighted by Gasteiger charge is -2.32. The van der Waals surface area contributed by atoms with Gasteiger partial charge in [0.25, 0.3) is 0 Å². The summed E-state index contributed by atoms with van der Waals surface area (Å²) in [5, 5.41) is 3.21. The van der Waals surface area contributed by atoms with Gasteiger partial charge in [0.1, 0.15) is 0 Å². The molecule has 0 amide bonds.